The molecule has 3 aromatic rings. The molecule has 0 aliphatic carbocycles. The molecule has 1 amide bonds. The molecule has 7 nitrogen and oxygen atoms in total. The number of hydrogen-bond donors (Lipinski definition) is 3. The second-order valence-electron chi connectivity index (χ2n) is 7.83. The zero-order chi connectivity index (χ0) is 24.7. The van der Waals surface area contributed by atoms with Crippen molar-refractivity contribution in [3.8, 4) is 5.75 Å². The Morgan fingerprint density at radius 1 is 1.00 bits per heavy atom. The van der Waals surface area contributed by atoms with Crippen LogP contribution in [0.5, 0.6) is 5.75 Å². The van der Waals surface area contributed by atoms with Crippen LogP contribution in [0.4, 0.5) is 11.4 Å². The Bertz CT molecular complexity index is 1240. The lowest BCUT2D eigenvalue weighted by Crippen LogP contribution is -2.24. The van der Waals surface area contributed by atoms with Crippen molar-refractivity contribution in [2.45, 2.75) is 38.0 Å². The van der Waals surface area contributed by atoms with Crippen LogP contribution >= 0.6 is 0 Å². The molecule has 1 atom stereocenters. The van der Waals surface area contributed by atoms with Gasteiger partial charge in [-0.05, 0) is 61.2 Å². The molecule has 3 rings (SSSR count). The van der Waals surface area contributed by atoms with Gasteiger partial charge in [-0.3, -0.25) is 9.52 Å². The molecule has 34 heavy (non-hydrogen) atoms. The van der Waals surface area contributed by atoms with E-state index in [4.69, 9.17) is 4.74 Å². The molecule has 0 aromatic heterocycles. The minimum atomic E-state index is -3.94. The van der Waals surface area contributed by atoms with Crippen LogP contribution in [0.25, 0.3) is 0 Å². The second kappa shape index (κ2) is 11.2. The minimum absolute atomic E-state index is 0.0345. The molecule has 0 fully saturated rings. The molecule has 0 saturated heterocycles. The highest BCUT2D eigenvalue weighted by Gasteiger charge is 2.23. The number of carbonyl (C=O) groups is 1. The Kier molecular flexibility index (Phi) is 8.31. The van der Waals surface area contributed by atoms with E-state index in [0.717, 1.165) is 17.5 Å². The third-order valence-corrected chi connectivity index (χ3v) is 6.90. The zero-order valence-electron chi connectivity index (χ0n) is 19.5. The van der Waals surface area contributed by atoms with E-state index in [-0.39, 0.29) is 23.9 Å². The van der Waals surface area contributed by atoms with Crippen molar-refractivity contribution in [2.24, 2.45) is 0 Å². The van der Waals surface area contributed by atoms with E-state index >= 15 is 0 Å². The summed E-state index contributed by atoms with van der Waals surface area (Å²) in [6, 6.07) is 18.7. The number of nitrogens with one attached hydrogen (secondary N) is 2. The summed E-state index contributed by atoms with van der Waals surface area (Å²) in [5.74, 6) is -1.04. The summed E-state index contributed by atoms with van der Waals surface area (Å²) in [4.78, 5) is 12.7. The lowest BCUT2D eigenvalue weighted by Gasteiger charge is -2.17. The molecule has 0 saturated carbocycles. The minimum Gasteiger partial charge on any atom is -0.492 e. The van der Waals surface area contributed by atoms with Crippen LogP contribution in [0, 0.1) is 6.92 Å². The van der Waals surface area contributed by atoms with E-state index in [2.05, 4.69) is 10.0 Å². The quantitative estimate of drug-likeness (QED) is 0.395. The number of aryl methyl sites for hydroxylation is 2. The van der Waals surface area contributed by atoms with Crippen molar-refractivity contribution in [1.82, 2.24) is 0 Å². The molecule has 0 radical (unpaired) electrons. The smallest absolute Gasteiger partial charge is 0.265 e. The first-order chi connectivity index (χ1) is 16.3. The maximum absolute atomic E-state index is 13.1. The first kappa shape index (κ1) is 25.3. The number of aliphatic hydroxyl groups is 1. The Hall–Kier alpha value is -3.36. The molecule has 3 aromatic carbocycles. The third kappa shape index (κ3) is 5.95. The number of hydrogen-bond acceptors (Lipinski definition) is 5. The Morgan fingerprint density at radius 2 is 1.71 bits per heavy atom. The van der Waals surface area contributed by atoms with Crippen LogP contribution in [0.2, 0.25) is 0 Å². The molecule has 3 N–H and O–H groups in total. The number of anilines is 2. The van der Waals surface area contributed by atoms with Crippen LogP contribution in [0.15, 0.2) is 71.6 Å². The van der Waals surface area contributed by atoms with E-state index in [0.29, 0.717) is 16.9 Å². The molecule has 180 valence electrons. The topological polar surface area (TPSA) is 105 Å². The fourth-order valence-corrected chi connectivity index (χ4v) is 4.83. The number of carbonyl (C=O) groups excluding carboxylic acids is 1. The predicted octanol–water partition coefficient (Wildman–Crippen LogP) is 4.47. The van der Waals surface area contributed by atoms with Gasteiger partial charge in [-0.1, -0.05) is 43.3 Å². The summed E-state index contributed by atoms with van der Waals surface area (Å²) < 4.78 is 34.5. The number of ether oxygens (including phenoxy) is 1. The summed E-state index contributed by atoms with van der Waals surface area (Å²) >= 11 is 0. The molecular weight excluding hydrogens is 452 g/mol. The zero-order valence-corrected chi connectivity index (χ0v) is 20.4. The average molecular weight is 483 g/mol. The Morgan fingerprint density at radius 3 is 2.35 bits per heavy atom. The fraction of sp³-hybridized carbons (Fsp3) is 0.269. The molecule has 0 heterocycles. The van der Waals surface area contributed by atoms with Crippen LogP contribution < -0.4 is 14.8 Å². The predicted molar refractivity (Wildman–Crippen MR) is 134 cm³/mol. The molecule has 8 heteroatoms. The van der Waals surface area contributed by atoms with Crippen molar-refractivity contribution >= 4 is 27.3 Å². The summed E-state index contributed by atoms with van der Waals surface area (Å²) in [6.45, 7) is 5.63. The first-order valence-corrected chi connectivity index (χ1v) is 12.6. The van der Waals surface area contributed by atoms with Crippen LogP contribution in [0.1, 0.15) is 36.5 Å². The Balaban J connectivity index is 1.86. The summed E-state index contributed by atoms with van der Waals surface area (Å²) in [5.41, 5.74) is 3.67. The lowest BCUT2D eigenvalue weighted by atomic mass is 9.99. The van der Waals surface area contributed by atoms with Gasteiger partial charge in [0.05, 0.1) is 19.1 Å². The van der Waals surface area contributed by atoms with Crippen molar-refractivity contribution in [3.05, 3.63) is 83.4 Å². The van der Waals surface area contributed by atoms with Crippen LogP contribution in [0.3, 0.4) is 0 Å². The van der Waals surface area contributed by atoms with Crippen LogP contribution in [-0.2, 0) is 21.2 Å². The fourth-order valence-electron chi connectivity index (χ4n) is 3.66. The van der Waals surface area contributed by atoms with Crippen molar-refractivity contribution < 1.29 is 23.1 Å². The second-order valence-corrected chi connectivity index (χ2v) is 9.48. The SMILES string of the molecule is CCOc1cc(NC(=O)[C@@H](CO)c2ccccc2)ccc1S(=O)(=O)Nc1ccc(C)c(CC)c1. The number of benzene rings is 3. The summed E-state index contributed by atoms with van der Waals surface area (Å²) in [7, 11) is -3.94. The van der Waals surface area contributed by atoms with Crippen molar-refractivity contribution in [3.63, 3.8) is 0 Å². The molecule has 0 bridgehead atoms. The van der Waals surface area contributed by atoms with Gasteiger partial charge in [0.2, 0.25) is 5.91 Å². The molecule has 0 unspecified atom stereocenters. The van der Waals surface area contributed by atoms with Gasteiger partial charge in [0.25, 0.3) is 10.0 Å². The van der Waals surface area contributed by atoms with Crippen molar-refractivity contribution in [1.29, 1.82) is 0 Å². The Labute approximate surface area is 200 Å². The van der Waals surface area contributed by atoms with Gasteiger partial charge >= 0.3 is 0 Å². The van der Waals surface area contributed by atoms with Gasteiger partial charge in [0.1, 0.15) is 10.6 Å². The van der Waals surface area contributed by atoms with Gasteiger partial charge < -0.3 is 15.2 Å². The molecule has 0 spiro atoms. The molecule has 0 aliphatic heterocycles. The maximum atomic E-state index is 13.1. The number of rotatable bonds is 10. The van der Waals surface area contributed by atoms with E-state index in [1.165, 1.54) is 18.2 Å². The standard InChI is InChI=1S/C26H30N2O5S/c1-4-19-15-22(12-11-18(19)3)28-34(31,32)25-14-13-21(16-24(25)33-5-2)27-26(30)23(17-29)20-9-7-6-8-10-20/h6-16,23,28-29H,4-5,17H2,1-3H3,(H,27,30)/t23-/m0/s1. The van der Waals surface area contributed by atoms with Gasteiger partial charge in [-0.25, -0.2) is 8.42 Å². The number of amides is 1. The van der Waals surface area contributed by atoms with Gasteiger partial charge in [0, 0.05) is 17.4 Å². The maximum Gasteiger partial charge on any atom is 0.265 e. The average Bonchev–Trinajstić information content (AvgIpc) is 2.81. The van der Waals surface area contributed by atoms with Gasteiger partial charge in [0.15, 0.2) is 0 Å². The largest absolute Gasteiger partial charge is 0.492 e. The highest BCUT2D eigenvalue weighted by Crippen LogP contribution is 2.30. The van der Waals surface area contributed by atoms with E-state index < -0.39 is 21.8 Å². The third-order valence-electron chi connectivity index (χ3n) is 5.48. The monoisotopic (exact) mass is 482 g/mol. The van der Waals surface area contributed by atoms with E-state index in [1.807, 2.05) is 32.0 Å². The highest BCUT2D eigenvalue weighted by molar-refractivity contribution is 7.92. The highest BCUT2D eigenvalue weighted by atomic mass is 32.2. The molecular formula is C26H30N2O5S. The summed E-state index contributed by atoms with van der Waals surface area (Å²) in [6.07, 6.45) is 0.789. The van der Waals surface area contributed by atoms with E-state index in [1.54, 1.807) is 37.3 Å². The lowest BCUT2D eigenvalue weighted by molar-refractivity contribution is -0.118. The molecule has 0 aliphatic rings. The van der Waals surface area contributed by atoms with Crippen LogP contribution in [-0.4, -0.2) is 32.6 Å². The van der Waals surface area contributed by atoms with Crippen molar-refractivity contribution in [2.75, 3.05) is 23.3 Å². The van der Waals surface area contributed by atoms with E-state index in [9.17, 15) is 18.3 Å². The number of sulfonamides is 1. The number of aliphatic hydroxyl groups excluding tert-OH is 1. The van der Waals surface area contributed by atoms with Gasteiger partial charge in [-0.15, -0.1) is 0 Å². The summed E-state index contributed by atoms with van der Waals surface area (Å²) in [5, 5.41) is 12.5. The van der Waals surface area contributed by atoms with Gasteiger partial charge in [-0.2, -0.15) is 0 Å². The normalized spacial score (nSPS) is 12.1. The first-order valence-electron chi connectivity index (χ1n) is 11.1.